The molecular formula is C28H32N4O8. The standard InChI is InChI=1S/C28H32N4O8/c1-38-21-6-2-18(3-7-21)31-12-10-17(11-13-31)29-28(35)23-16-26(40-30-23)27-24(34)14-20(33)15-25(27)39-22-8-4-19(5-9-22)32(36)37/h4-5,8-9,14-18,21,33-34H,2-3,6-7,10-13H2,1H3,(H,29,35). The minimum atomic E-state index is -0.534. The summed E-state index contributed by atoms with van der Waals surface area (Å²) in [4.78, 5) is 25.9. The van der Waals surface area contributed by atoms with E-state index in [1.54, 1.807) is 7.11 Å². The van der Waals surface area contributed by atoms with Gasteiger partial charge >= 0.3 is 0 Å². The number of methoxy groups -OCH3 is 1. The molecule has 1 aliphatic carbocycles. The molecule has 1 amide bonds. The molecule has 3 N–H and O–H groups in total. The Balaban J connectivity index is 1.23. The van der Waals surface area contributed by atoms with Gasteiger partial charge in [-0.25, -0.2) is 0 Å². The van der Waals surface area contributed by atoms with Crippen molar-refractivity contribution in [2.24, 2.45) is 0 Å². The number of aromatic nitrogens is 1. The van der Waals surface area contributed by atoms with Crippen LogP contribution in [0.2, 0.25) is 0 Å². The predicted octanol–water partition coefficient (Wildman–Crippen LogP) is 4.61. The van der Waals surface area contributed by atoms with Gasteiger partial charge in [-0.15, -0.1) is 0 Å². The molecule has 0 radical (unpaired) electrons. The second-order valence-corrected chi connectivity index (χ2v) is 10.2. The molecule has 2 fully saturated rings. The van der Waals surface area contributed by atoms with E-state index in [0.29, 0.717) is 12.1 Å². The van der Waals surface area contributed by atoms with Crippen molar-refractivity contribution >= 4 is 11.6 Å². The van der Waals surface area contributed by atoms with Crippen LogP contribution in [-0.2, 0) is 4.74 Å². The van der Waals surface area contributed by atoms with E-state index in [-0.39, 0.29) is 57.7 Å². The Morgan fingerprint density at radius 2 is 1.77 bits per heavy atom. The summed E-state index contributed by atoms with van der Waals surface area (Å²) in [5.74, 6) is -0.708. The first-order chi connectivity index (χ1) is 19.3. The van der Waals surface area contributed by atoms with Gasteiger partial charge in [0.05, 0.1) is 11.0 Å². The Hall–Kier alpha value is -4.16. The number of rotatable bonds is 8. The number of nitrogens with one attached hydrogen (secondary N) is 1. The number of nitro benzene ring substituents is 1. The van der Waals surface area contributed by atoms with Crippen LogP contribution in [0.5, 0.6) is 23.0 Å². The first-order valence-electron chi connectivity index (χ1n) is 13.3. The van der Waals surface area contributed by atoms with Gasteiger partial charge in [0.2, 0.25) is 0 Å². The zero-order valence-electron chi connectivity index (χ0n) is 22.1. The molecule has 40 heavy (non-hydrogen) atoms. The summed E-state index contributed by atoms with van der Waals surface area (Å²) < 4.78 is 16.6. The van der Waals surface area contributed by atoms with E-state index >= 15 is 0 Å². The number of nitro groups is 1. The Labute approximate surface area is 230 Å². The van der Waals surface area contributed by atoms with E-state index in [4.69, 9.17) is 14.0 Å². The van der Waals surface area contributed by atoms with Crippen LogP contribution in [0.1, 0.15) is 49.0 Å². The van der Waals surface area contributed by atoms with Crippen LogP contribution >= 0.6 is 0 Å². The van der Waals surface area contributed by atoms with Crippen LogP contribution in [0.4, 0.5) is 5.69 Å². The molecule has 3 aromatic rings. The third kappa shape index (κ3) is 6.18. The average Bonchev–Trinajstić information content (AvgIpc) is 3.43. The highest BCUT2D eigenvalue weighted by Crippen LogP contribution is 2.43. The molecule has 0 unspecified atom stereocenters. The van der Waals surface area contributed by atoms with Crippen LogP contribution in [0, 0.1) is 10.1 Å². The number of non-ortho nitro benzene ring substituents is 1. The summed E-state index contributed by atoms with van der Waals surface area (Å²) in [7, 11) is 1.78. The smallest absolute Gasteiger partial charge is 0.273 e. The number of likely N-dealkylation sites (tertiary alicyclic amines) is 1. The second kappa shape index (κ2) is 11.9. The largest absolute Gasteiger partial charge is 0.508 e. The molecule has 1 aromatic heterocycles. The molecule has 0 atom stereocenters. The zero-order valence-corrected chi connectivity index (χ0v) is 22.1. The number of nitrogens with zero attached hydrogens (tertiary/aromatic N) is 3. The van der Waals surface area contributed by atoms with Crippen molar-refractivity contribution in [3.8, 4) is 34.3 Å². The molecule has 12 nitrogen and oxygen atoms in total. The number of hydrogen-bond donors (Lipinski definition) is 3. The second-order valence-electron chi connectivity index (χ2n) is 10.2. The topological polar surface area (TPSA) is 160 Å². The summed E-state index contributed by atoms with van der Waals surface area (Å²) in [5, 5.41) is 38.4. The Morgan fingerprint density at radius 3 is 2.42 bits per heavy atom. The number of hydrogen-bond acceptors (Lipinski definition) is 10. The monoisotopic (exact) mass is 552 g/mol. The van der Waals surface area contributed by atoms with Gasteiger partial charge in [-0.1, -0.05) is 5.16 Å². The van der Waals surface area contributed by atoms with Gasteiger partial charge in [0.25, 0.3) is 11.6 Å². The molecule has 2 heterocycles. The molecule has 5 rings (SSSR count). The van der Waals surface area contributed by atoms with Crippen molar-refractivity contribution in [3.05, 3.63) is 58.3 Å². The molecule has 0 bridgehead atoms. The van der Waals surface area contributed by atoms with Crippen molar-refractivity contribution in [3.63, 3.8) is 0 Å². The highest BCUT2D eigenvalue weighted by atomic mass is 16.6. The number of phenolic OH excluding ortho intramolecular Hbond substituents is 2. The molecule has 2 aliphatic rings. The van der Waals surface area contributed by atoms with E-state index < -0.39 is 4.92 Å². The number of ether oxygens (including phenoxy) is 2. The summed E-state index contributed by atoms with van der Waals surface area (Å²) >= 11 is 0. The number of aromatic hydroxyl groups is 2. The lowest BCUT2D eigenvalue weighted by Crippen LogP contribution is -2.49. The predicted molar refractivity (Wildman–Crippen MR) is 144 cm³/mol. The number of benzene rings is 2. The summed E-state index contributed by atoms with van der Waals surface area (Å²) in [6.07, 6.45) is 6.50. The third-order valence-corrected chi connectivity index (χ3v) is 7.69. The van der Waals surface area contributed by atoms with Crippen molar-refractivity contribution in [2.45, 2.75) is 56.7 Å². The molecular weight excluding hydrogens is 520 g/mol. The summed E-state index contributed by atoms with van der Waals surface area (Å²) in [5.41, 5.74) is 0.000351. The van der Waals surface area contributed by atoms with Gasteiger partial charge < -0.3 is 34.4 Å². The van der Waals surface area contributed by atoms with Crippen LogP contribution in [0.3, 0.4) is 0 Å². The van der Waals surface area contributed by atoms with E-state index in [2.05, 4.69) is 15.4 Å². The van der Waals surface area contributed by atoms with E-state index in [1.807, 2.05) is 0 Å². The Bertz CT molecular complexity index is 1340. The lowest BCUT2D eigenvalue weighted by molar-refractivity contribution is -0.384. The van der Waals surface area contributed by atoms with E-state index in [9.17, 15) is 25.1 Å². The molecule has 1 saturated heterocycles. The van der Waals surface area contributed by atoms with Crippen molar-refractivity contribution in [1.29, 1.82) is 0 Å². The van der Waals surface area contributed by atoms with Crippen molar-refractivity contribution < 1.29 is 33.9 Å². The zero-order chi connectivity index (χ0) is 28.2. The van der Waals surface area contributed by atoms with Crippen molar-refractivity contribution in [2.75, 3.05) is 20.2 Å². The molecule has 1 saturated carbocycles. The highest BCUT2D eigenvalue weighted by molar-refractivity contribution is 5.93. The van der Waals surface area contributed by atoms with Gasteiger partial charge in [0.15, 0.2) is 11.5 Å². The highest BCUT2D eigenvalue weighted by Gasteiger charge is 2.30. The third-order valence-electron chi connectivity index (χ3n) is 7.69. The lowest BCUT2D eigenvalue weighted by Gasteiger charge is -2.40. The number of carbonyl (C=O) groups is 1. The molecule has 0 spiro atoms. The minimum Gasteiger partial charge on any atom is -0.508 e. The summed E-state index contributed by atoms with van der Waals surface area (Å²) in [6.45, 7) is 1.84. The average molecular weight is 553 g/mol. The van der Waals surface area contributed by atoms with Gasteiger partial charge in [0.1, 0.15) is 28.6 Å². The number of phenols is 2. The fourth-order valence-electron chi connectivity index (χ4n) is 5.49. The maximum Gasteiger partial charge on any atom is 0.273 e. The van der Waals surface area contributed by atoms with Gasteiger partial charge in [0, 0.05) is 62.6 Å². The number of amides is 1. The van der Waals surface area contributed by atoms with E-state index in [1.165, 1.54) is 36.4 Å². The maximum atomic E-state index is 13.0. The fraction of sp³-hybridized carbons (Fsp3) is 0.429. The quantitative estimate of drug-likeness (QED) is 0.266. The molecule has 2 aromatic carbocycles. The first kappa shape index (κ1) is 27.4. The van der Waals surface area contributed by atoms with Crippen molar-refractivity contribution in [1.82, 2.24) is 15.4 Å². The normalized spacial score (nSPS) is 20.2. The van der Waals surface area contributed by atoms with Crippen LogP contribution in [-0.4, -0.2) is 69.5 Å². The molecule has 1 aliphatic heterocycles. The Kier molecular flexibility index (Phi) is 8.17. The van der Waals surface area contributed by atoms with Gasteiger partial charge in [-0.3, -0.25) is 14.9 Å². The van der Waals surface area contributed by atoms with Crippen LogP contribution in [0.25, 0.3) is 11.3 Å². The fourth-order valence-corrected chi connectivity index (χ4v) is 5.49. The maximum absolute atomic E-state index is 13.0. The number of carbonyl (C=O) groups excluding carboxylic acids is 1. The number of piperidine rings is 1. The lowest BCUT2D eigenvalue weighted by atomic mass is 9.90. The summed E-state index contributed by atoms with van der Waals surface area (Å²) in [6, 6.07) is 9.66. The SMILES string of the molecule is COC1CCC(N2CCC(NC(=O)c3cc(-c4c(O)cc(O)cc4Oc4ccc([N+](=O)[O-])cc4)on3)CC2)CC1. The van der Waals surface area contributed by atoms with Gasteiger partial charge in [-0.05, 0) is 50.7 Å². The van der Waals surface area contributed by atoms with E-state index in [0.717, 1.165) is 57.7 Å². The van der Waals surface area contributed by atoms with Gasteiger partial charge in [-0.2, -0.15) is 0 Å². The molecule has 12 heteroatoms. The van der Waals surface area contributed by atoms with Crippen LogP contribution in [0.15, 0.2) is 47.0 Å². The Morgan fingerprint density at radius 1 is 1.07 bits per heavy atom. The first-order valence-corrected chi connectivity index (χ1v) is 13.3. The molecule has 212 valence electrons. The minimum absolute atomic E-state index is 0.0152. The van der Waals surface area contributed by atoms with Crippen LogP contribution < -0.4 is 10.1 Å².